The van der Waals surface area contributed by atoms with E-state index in [4.69, 9.17) is 4.74 Å². The molecule has 25 heavy (non-hydrogen) atoms. The van der Waals surface area contributed by atoms with Gasteiger partial charge in [-0.2, -0.15) is 0 Å². The summed E-state index contributed by atoms with van der Waals surface area (Å²) < 4.78 is 36.4. The maximum absolute atomic E-state index is 15.1. The summed E-state index contributed by atoms with van der Waals surface area (Å²) in [7, 11) is 0. The highest BCUT2D eigenvalue weighted by atomic mass is 19.1. The first-order valence-corrected chi connectivity index (χ1v) is 8.15. The number of aromatic carboxylic acids is 1. The van der Waals surface area contributed by atoms with Crippen LogP contribution in [0.25, 0.3) is 10.9 Å². The molecule has 2 aromatic rings. The number of fused-ring (bicyclic) bond motifs is 1. The van der Waals surface area contributed by atoms with Crippen LogP contribution in [0.15, 0.2) is 17.1 Å². The molecule has 2 fully saturated rings. The lowest BCUT2D eigenvalue weighted by molar-refractivity contribution is 0.0695. The molecule has 1 aromatic heterocycles. The second-order valence-corrected chi connectivity index (χ2v) is 6.45. The number of hydrogen-bond acceptors (Lipinski definition) is 4. The predicted octanol–water partition coefficient (Wildman–Crippen LogP) is 2.05. The van der Waals surface area contributed by atoms with Crippen molar-refractivity contribution in [1.82, 2.24) is 9.88 Å². The predicted molar refractivity (Wildman–Crippen MR) is 85.3 cm³/mol. The Morgan fingerprint density at radius 1 is 1.32 bits per heavy atom. The fourth-order valence-electron chi connectivity index (χ4n) is 3.22. The second kappa shape index (κ2) is 5.80. The van der Waals surface area contributed by atoms with E-state index in [9.17, 15) is 19.1 Å². The molecule has 0 spiro atoms. The Morgan fingerprint density at radius 3 is 2.68 bits per heavy atom. The van der Waals surface area contributed by atoms with Crippen LogP contribution in [-0.2, 0) is 0 Å². The van der Waals surface area contributed by atoms with Gasteiger partial charge in [-0.25, -0.2) is 13.6 Å². The molecule has 1 aliphatic heterocycles. The quantitative estimate of drug-likeness (QED) is 0.882. The van der Waals surface area contributed by atoms with Gasteiger partial charge in [0.2, 0.25) is 5.43 Å². The van der Waals surface area contributed by atoms with Crippen LogP contribution in [-0.4, -0.2) is 34.8 Å². The van der Waals surface area contributed by atoms with Gasteiger partial charge < -0.3 is 19.7 Å². The topological polar surface area (TPSA) is 80.6 Å². The molecule has 1 saturated heterocycles. The summed E-state index contributed by atoms with van der Waals surface area (Å²) in [6.45, 7) is 1.19. The molecule has 1 aliphatic carbocycles. The zero-order chi connectivity index (χ0) is 17.7. The highest BCUT2D eigenvalue weighted by Crippen LogP contribution is 2.39. The van der Waals surface area contributed by atoms with Crippen molar-refractivity contribution in [3.63, 3.8) is 0 Å². The number of carboxylic acids is 1. The molecular formula is C17H16F2N2O4. The van der Waals surface area contributed by atoms with Crippen LogP contribution in [0, 0.1) is 11.6 Å². The number of benzene rings is 1. The van der Waals surface area contributed by atoms with Crippen LogP contribution in [0.4, 0.5) is 8.78 Å². The molecule has 1 unspecified atom stereocenters. The number of halogens is 2. The van der Waals surface area contributed by atoms with Crippen LogP contribution < -0.4 is 15.5 Å². The zero-order valence-electron chi connectivity index (χ0n) is 13.2. The summed E-state index contributed by atoms with van der Waals surface area (Å²) in [5.41, 5.74) is -1.49. The maximum atomic E-state index is 15.1. The van der Waals surface area contributed by atoms with E-state index in [0.29, 0.717) is 19.5 Å². The van der Waals surface area contributed by atoms with E-state index < -0.39 is 34.3 Å². The van der Waals surface area contributed by atoms with Crippen molar-refractivity contribution in [3.05, 3.63) is 39.7 Å². The van der Waals surface area contributed by atoms with E-state index in [1.54, 1.807) is 0 Å². The Kier molecular flexibility index (Phi) is 3.72. The van der Waals surface area contributed by atoms with E-state index in [0.717, 1.165) is 25.1 Å². The second-order valence-electron chi connectivity index (χ2n) is 6.45. The van der Waals surface area contributed by atoms with Crippen molar-refractivity contribution in [2.75, 3.05) is 13.1 Å². The molecule has 2 aliphatic rings. The fraction of sp³-hybridized carbons (Fsp3) is 0.412. The highest BCUT2D eigenvalue weighted by molar-refractivity contribution is 5.93. The minimum Gasteiger partial charge on any atom is -0.483 e. The number of nitrogens with zero attached hydrogens (tertiary/aromatic N) is 1. The number of carbonyl (C=O) groups is 1. The number of aromatic nitrogens is 1. The number of rotatable bonds is 4. The number of hydrogen-bond donors (Lipinski definition) is 2. The molecule has 2 N–H and O–H groups in total. The van der Waals surface area contributed by atoms with Crippen molar-refractivity contribution in [1.29, 1.82) is 0 Å². The molecule has 1 aromatic carbocycles. The molecule has 1 saturated carbocycles. The third kappa shape index (κ3) is 2.66. The van der Waals surface area contributed by atoms with E-state index in [-0.39, 0.29) is 23.0 Å². The normalized spacial score (nSPS) is 20.2. The summed E-state index contributed by atoms with van der Waals surface area (Å²) >= 11 is 0. The first-order chi connectivity index (χ1) is 12.0. The van der Waals surface area contributed by atoms with E-state index in [2.05, 4.69) is 5.32 Å². The molecule has 8 heteroatoms. The molecule has 132 valence electrons. The molecule has 1 atom stereocenters. The number of ether oxygens (including phenoxy) is 1. The summed E-state index contributed by atoms with van der Waals surface area (Å²) in [4.78, 5) is 23.6. The molecular weight excluding hydrogens is 334 g/mol. The van der Waals surface area contributed by atoms with Crippen molar-refractivity contribution in [3.8, 4) is 5.75 Å². The van der Waals surface area contributed by atoms with E-state index in [1.165, 1.54) is 4.57 Å². The Hall–Kier alpha value is -2.48. The number of pyridine rings is 1. The first kappa shape index (κ1) is 16.0. The van der Waals surface area contributed by atoms with Gasteiger partial charge in [0.1, 0.15) is 11.7 Å². The first-order valence-electron chi connectivity index (χ1n) is 8.15. The average molecular weight is 350 g/mol. The summed E-state index contributed by atoms with van der Waals surface area (Å²) in [6, 6.07) is 0.784. The Balaban J connectivity index is 1.95. The zero-order valence-corrected chi connectivity index (χ0v) is 13.2. The van der Waals surface area contributed by atoms with E-state index in [1.807, 2.05) is 0 Å². The van der Waals surface area contributed by atoms with Gasteiger partial charge in [-0.05, 0) is 31.9 Å². The van der Waals surface area contributed by atoms with Gasteiger partial charge in [0.15, 0.2) is 17.4 Å². The minimum absolute atomic E-state index is 0.0952. The third-order valence-electron chi connectivity index (χ3n) is 4.64. The van der Waals surface area contributed by atoms with Crippen molar-refractivity contribution >= 4 is 16.9 Å². The van der Waals surface area contributed by atoms with Gasteiger partial charge in [-0.1, -0.05) is 0 Å². The van der Waals surface area contributed by atoms with Gasteiger partial charge in [-0.15, -0.1) is 0 Å². The van der Waals surface area contributed by atoms with Crippen LogP contribution >= 0.6 is 0 Å². The average Bonchev–Trinajstić information content (AvgIpc) is 3.28. The Labute approximate surface area is 141 Å². The van der Waals surface area contributed by atoms with E-state index >= 15 is 4.39 Å². The smallest absolute Gasteiger partial charge is 0.341 e. The van der Waals surface area contributed by atoms with Crippen LogP contribution in [0.5, 0.6) is 5.75 Å². The SMILES string of the molecule is O=C(O)c1cn(C2CC2)c2c(F)c(OC3CCNC3)c(F)cc2c1=O. The monoisotopic (exact) mass is 350 g/mol. The van der Waals surface area contributed by atoms with Gasteiger partial charge in [0.25, 0.3) is 0 Å². The van der Waals surface area contributed by atoms with Crippen LogP contribution in [0.2, 0.25) is 0 Å². The molecule has 0 bridgehead atoms. The maximum Gasteiger partial charge on any atom is 0.341 e. The summed E-state index contributed by atoms with van der Waals surface area (Å²) in [6.07, 6.45) is 2.92. The third-order valence-corrected chi connectivity index (χ3v) is 4.64. The standard InChI is InChI=1S/C17H16F2N2O4/c18-12-5-10-14(13(19)16(12)25-9-3-4-20-6-9)21(8-1-2-8)7-11(15(10)22)17(23)24/h5,7-9,20H,1-4,6H2,(H,23,24). The van der Waals surface area contributed by atoms with Crippen molar-refractivity contribution < 1.29 is 23.4 Å². The van der Waals surface area contributed by atoms with Crippen LogP contribution in [0.1, 0.15) is 35.7 Å². The molecule has 2 heterocycles. The Bertz CT molecular complexity index is 931. The lowest BCUT2D eigenvalue weighted by Gasteiger charge is -2.18. The summed E-state index contributed by atoms with van der Waals surface area (Å²) in [5.74, 6) is -3.89. The largest absolute Gasteiger partial charge is 0.483 e. The minimum atomic E-state index is -1.42. The number of nitrogens with one attached hydrogen (secondary N) is 1. The Morgan fingerprint density at radius 2 is 2.08 bits per heavy atom. The lowest BCUT2D eigenvalue weighted by atomic mass is 10.1. The summed E-state index contributed by atoms with van der Waals surface area (Å²) in [5, 5.41) is 12.0. The molecule has 0 amide bonds. The van der Waals surface area contributed by atoms with Gasteiger partial charge >= 0.3 is 5.97 Å². The van der Waals surface area contributed by atoms with Gasteiger partial charge in [-0.3, -0.25) is 4.79 Å². The van der Waals surface area contributed by atoms with Gasteiger partial charge in [0, 0.05) is 18.8 Å². The van der Waals surface area contributed by atoms with Crippen molar-refractivity contribution in [2.24, 2.45) is 0 Å². The molecule has 6 nitrogen and oxygen atoms in total. The van der Waals surface area contributed by atoms with Crippen LogP contribution in [0.3, 0.4) is 0 Å². The van der Waals surface area contributed by atoms with Crippen molar-refractivity contribution in [2.45, 2.75) is 31.4 Å². The number of carboxylic acid groups (broad SMARTS) is 1. The molecule has 0 radical (unpaired) electrons. The fourth-order valence-corrected chi connectivity index (χ4v) is 3.22. The highest BCUT2D eigenvalue weighted by Gasteiger charge is 2.31. The lowest BCUT2D eigenvalue weighted by Crippen LogP contribution is -2.23. The molecule has 4 rings (SSSR count). The van der Waals surface area contributed by atoms with Gasteiger partial charge in [0.05, 0.1) is 10.9 Å².